The summed E-state index contributed by atoms with van der Waals surface area (Å²) in [6, 6.07) is 2.54. The maximum Gasteiger partial charge on any atom is 0.417 e. The van der Waals surface area contributed by atoms with Crippen molar-refractivity contribution in [3.8, 4) is 0 Å². The van der Waals surface area contributed by atoms with Crippen LogP contribution in [0.25, 0.3) is 0 Å². The van der Waals surface area contributed by atoms with Gasteiger partial charge in [0.2, 0.25) is 15.9 Å². The third kappa shape index (κ3) is 4.41. The van der Waals surface area contributed by atoms with Crippen molar-refractivity contribution in [3.05, 3.63) is 28.8 Å². The van der Waals surface area contributed by atoms with Gasteiger partial charge in [0.05, 0.1) is 15.5 Å². The van der Waals surface area contributed by atoms with Crippen LogP contribution in [0.4, 0.5) is 13.2 Å². The lowest BCUT2D eigenvalue weighted by atomic mass is 9.67. The van der Waals surface area contributed by atoms with Crippen molar-refractivity contribution in [1.29, 1.82) is 0 Å². The molecule has 1 heterocycles. The summed E-state index contributed by atoms with van der Waals surface area (Å²) in [7, 11) is -4.16. The molecule has 0 spiro atoms. The number of halogens is 4. The van der Waals surface area contributed by atoms with E-state index in [0.29, 0.717) is 18.9 Å². The Balaban J connectivity index is 1.42. The molecule has 0 radical (unpaired) electrons. The van der Waals surface area contributed by atoms with Crippen molar-refractivity contribution in [2.75, 3.05) is 26.2 Å². The van der Waals surface area contributed by atoms with Gasteiger partial charge < -0.3 is 4.90 Å². The predicted molar refractivity (Wildman–Crippen MR) is 110 cm³/mol. The number of piperazine rings is 1. The maximum atomic E-state index is 13.1. The molecule has 0 aromatic heterocycles. The molecule has 1 aliphatic heterocycles. The topological polar surface area (TPSA) is 74.8 Å². The highest BCUT2D eigenvalue weighted by molar-refractivity contribution is 7.89. The molecule has 1 saturated heterocycles. The van der Waals surface area contributed by atoms with E-state index in [4.69, 9.17) is 11.6 Å². The first-order valence-electron chi connectivity index (χ1n) is 10.7. The molecule has 3 fully saturated rings. The number of carbonyl (C=O) groups excluding carboxylic acids is 2. The van der Waals surface area contributed by atoms with Crippen LogP contribution >= 0.6 is 11.6 Å². The standard InChI is InChI=1S/C21H24ClF3N2O4S/c22-18-5-4-16(12-17(18)21(23,24)25)32(30,31)27-8-6-26(7-9-27)20(29)15-10-13-2-1-3-14(11-15)19(13)28/h4-5,12-15H,1-3,6-11H2/t13-,14+,15?. The summed E-state index contributed by atoms with van der Waals surface area (Å²) in [6.45, 7) is 0.322. The van der Waals surface area contributed by atoms with Crippen molar-refractivity contribution >= 4 is 33.3 Å². The summed E-state index contributed by atoms with van der Waals surface area (Å²) in [5.74, 6) is -0.108. The third-order valence-electron chi connectivity index (χ3n) is 6.83. The zero-order valence-corrected chi connectivity index (χ0v) is 18.8. The van der Waals surface area contributed by atoms with E-state index in [-0.39, 0.29) is 55.6 Å². The second kappa shape index (κ2) is 8.61. The fraction of sp³-hybridized carbons (Fsp3) is 0.619. The third-order valence-corrected chi connectivity index (χ3v) is 9.05. The van der Waals surface area contributed by atoms with Crippen LogP contribution in [0.2, 0.25) is 5.02 Å². The maximum absolute atomic E-state index is 13.1. The van der Waals surface area contributed by atoms with Crippen LogP contribution < -0.4 is 0 Å². The number of rotatable bonds is 3. The van der Waals surface area contributed by atoms with Gasteiger partial charge in [-0.3, -0.25) is 9.59 Å². The summed E-state index contributed by atoms with van der Waals surface area (Å²) >= 11 is 5.59. The Morgan fingerprint density at radius 3 is 2.19 bits per heavy atom. The van der Waals surface area contributed by atoms with Crippen LogP contribution in [0.15, 0.2) is 23.1 Å². The van der Waals surface area contributed by atoms with E-state index in [1.807, 2.05) is 0 Å². The molecule has 2 saturated carbocycles. The van der Waals surface area contributed by atoms with E-state index in [9.17, 15) is 31.2 Å². The molecule has 0 N–H and O–H groups in total. The van der Waals surface area contributed by atoms with Gasteiger partial charge in [-0.1, -0.05) is 18.0 Å². The second-order valence-electron chi connectivity index (χ2n) is 8.76. The first-order chi connectivity index (χ1) is 15.0. The van der Waals surface area contributed by atoms with Crippen LogP contribution in [0, 0.1) is 17.8 Å². The summed E-state index contributed by atoms with van der Waals surface area (Å²) in [5, 5.41) is -0.567. The average Bonchev–Trinajstić information content (AvgIpc) is 2.72. The summed E-state index contributed by atoms with van der Waals surface area (Å²) in [6.07, 6.45) is -1.000. The first kappa shape index (κ1) is 23.5. The van der Waals surface area contributed by atoms with Crippen LogP contribution in [-0.4, -0.2) is 55.5 Å². The molecule has 176 valence electrons. The first-order valence-corrected chi connectivity index (χ1v) is 12.5. The van der Waals surface area contributed by atoms with Gasteiger partial charge >= 0.3 is 6.18 Å². The SMILES string of the molecule is O=C1[C@@H]2CCC[C@H]1CC(C(=O)N1CCN(S(=O)(=O)c3ccc(Cl)c(C(F)(F)F)c3)CC1)C2. The van der Waals surface area contributed by atoms with Gasteiger partial charge in [0.1, 0.15) is 5.78 Å². The normalized spacial score (nSPS) is 27.4. The summed E-state index contributed by atoms with van der Waals surface area (Å²) in [5.41, 5.74) is -1.20. The van der Waals surface area contributed by atoms with Gasteiger partial charge in [-0.05, 0) is 43.9 Å². The van der Waals surface area contributed by atoms with Crippen molar-refractivity contribution in [1.82, 2.24) is 9.21 Å². The fourth-order valence-electron chi connectivity index (χ4n) is 5.12. The Morgan fingerprint density at radius 1 is 1.03 bits per heavy atom. The van der Waals surface area contributed by atoms with Crippen molar-refractivity contribution in [2.24, 2.45) is 17.8 Å². The minimum Gasteiger partial charge on any atom is -0.340 e. The number of amides is 1. The number of sulfonamides is 1. The molecule has 11 heteroatoms. The predicted octanol–water partition coefficient (Wildman–Crippen LogP) is 3.59. The lowest BCUT2D eigenvalue weighted by Crippen LogP contribution is -2.53. The molecule has 6 nitrogen and oxygen atoms in total. The van der Waals surface area contributed by atoms with Gasteiger partial charge in [-0.2, -0.15) is 17.5 Å². The van der Waals surface area contributed by atoms with Crippen molar-refractivity contribution in [2.45, 2.75) is 43.2 Å². The molecule has 2 bridgehead atoms. The number of alkyl halides is 3. The Labute approximate surface area is 189 Å². The number of Topliss-reactive ketones (excluding diaryl/α,β-unsaturated/α-hetero) is 1. The number of benzene rings is 1. The van der Waals surface area contributed by atoms with Crippen molar-refractivity contribution in [3.63, 3.8) is 0 Å². The van der Waals surface area contributed by atoms with Crippen LogP contribution in [0.5, 0.6) is 0 Å². The molecule has 2 aliphatic carbocycles. The fourth-order valence-corrected chi connectivity index (χ4v) is 6.79. The lowest BCUT2D eigenvalue weighted by molar-refractivity contribution is -0.144. The number of hydrogen-bond acceptors (Lipinski definition) is 4. The van der Waals surface area contributed by atoms with Crippen molar-refractivity contribution < 1.29 is 31.2 Å². The molecule has 1 unspecified atom stereocenters. The van der Waals surface area contributed by atoms with Gasteiger partial charge in [0.15, 0.2) is 0 Å². The molecule has 1 aromatic carbocycles. The highest BCUT2D eigenvalue weighted by Crippen LogP contribution is 2.41. The highest BCUT2D eigenvalue weighted by atomic mass is 35.5. The quantitative estimate of drug-likeness (QED) is 0.646. The smallest absolute Gasteiger partial charge is 0.340 e. The highest BCUT2D eigenvalue weighted by Gasteiger charge is 2.43. The van der Waals surface area contributed by atoms with E-state index in [2.05, 4.69) is 0 Å². The van der Waals surface area contributed by atoms with Gasteiger partial charge in [-0.15, -0.1) is 0 Å². The number of nitrogens with zero attached hydrogens (tertiary/aromatic N) is 2. The molecular formula is C21H24ClF3N2O4S. The lowest BCUT2D eigenvalue weighted by Gasteiger charge is -2.40. The number of fused-ring (bicyclic) bond motifs is 2. The Bertz CT molecular complexity index is 1010. The molecule has 3 aliphatic rings. The Kier molecular flexibility index (Phi) is 6.32. The van der Waals surface area contributed by atoms with E-state index < -0.39 is 31.7 Å². The molecule has 4 rings (SSSR count). The molecule has 1 aromatic rings. The van der Waals surface area contributed by atoms with E-state index in [0.717, 1.165) is 35.7 Å². The van der Waals surface area contributed by atoms with Gasteiger partial charge in [0.25, 0.3) is 0 Å². The van der Waals surface area contributed by atoms with E-state index in [1.165, 1.54) is 0 Å². The monoisotopic (exact) mass is 492 g/mol. The van der Waals surface area contributed by atoms with E-state index in [1.54, 1.807) is 4.90 Å². The minimum absolute atomic E-state index is 0.00341. The number of carbonyl (C=O) groups is 2. The minimum atomic E-state index is -4.77. The van der Waals surface area contributed by atoms with Crippen LogP contribution in [0.3, 0.4) is 0 Å². The average molecular weight is 493 g/mol. The van der Waals surface area contributed by atoms with Crippen LogP contribution in [-0.2, 0) is 25.8 Å². The summed E-state index contributed by atoms with van der Waals surface area (Å²) in [4.78, 5) is 26.4. The largest absolute Gasteiger partial charge is 0.417 e. The molecule has 3 atom stereocenters. The number of ketones is 1. The Morgan fingerprint density at radius 2 is 1.62 bits per heavy atom. The molecule has 1 amide bonds. The molecule has 32 heavy (non-hydrogen) atoms. The zero-order valence-electron chi connectivity index (χ0n) is 17.3. The van der Waals surface area contributed by atoms with Gasteiger partial charge in [-0.25, -0.2) is 8.42 Å². The van der Waals surface area contributed by atoms with Crippen LogP contribution in [0.1, 0.15) is 37.7 Å². The Hall–Kier alpha value is -1.65. The van der Waals surface area contributed by atoms with E-state index >= 15 is 0 Å². The second-order valence-corrected chi connectivity index (χ2v) is 11.1. The number of hydrogen-bond donors (Lipinski definition) is 0. The van der Waals surface area contributed by atoms with Gasteiger partial charge in [0, 0.05) is 43.9 Å². The summed E-state index contributed by atoms with van der Waals surface area (Å²) < 4.78 is 66.3. The molecular weight excluding hydrogens is 469 g/mol. The zero-order chi connectivity index (χ0) is 23.3.